The van der Waals surface area contributed by atoms with Crippen LogP contribution >= 0.6 is 11.6 Å². The van der Waals surface area contributed by atoms with E-state index in [1.54, 1.807) is 0 Å². The molecule has 1 aliphatic heterocycles. The number of likely N-dealkylation sites (N-methyl/N-ethyl adjacent to an activating group) is 1. The lowest BCUT2D eigenvalue weighted by molar-refractivity contribution is 0.217. The number of halogens is 1. The van der Waals surface area contributed by atoms with Gasteiger partial charge < -0.3 is 26.0 Å². The Labute approximate surface area is 248 Å². The quantitative estimate of drug-likeness (QED) is 0.279. The molecule has 1 aliphatic carbocycles. The summed E-state index contributed by atoms with van der Waals surface area (Å²) >= 11 is 6.41. The molecule has 1 saturated carbocycles. The highest BCUT2D eigenvalue weighted by molar-refractivity contribution is 7.95. The van der Waals surface area contributed by atoms with E-state index in [9.17, 15) is 8.42 Å². The standard InChI is InChI=1S/C29H42ClN7O3S/c1-6-37-11-7-8-20(16-37)22-13-26(40-21-9-10-21)24(12-19(22)4)35-29-33-14-23(30)28(36-29)34-25(15-32-5)27(31)41(38,39)17-18(2)3/h12-15,18,20-21H,6-11,16-17,31H2,1-5H3,(H2,33,34,35,36). The van der Waals surface area contributed by atoms with E-state index in [0.29, 0.717) is 5.92 Å². The van der Waals surface area contributed by atoms with Crippen molar-refractivity contribution in [1.82, 2.24) is 14.9 Å². The number of hydrogen-bond acceptors (Lipinski definition) is 10. The van der Waals surface area contributed by atoms with E-state index >= 15 is 0 Å². The molecule has 41 heavy (non-hydrogen) atoms. The second kappa shape index (κ2) is 13.4. The van der Waals surface area contributed by atoms with Gasteiger partial charge in [-0.25, -0.2) is 13.4 Å². The maximum atomic E-state index is 12.8. The van der Waals surface area contributed by atoms with Gasteiger partial charge in [-0.1, -0.05) is 32.4 Å². The van der Waals surface area contributed by atoms with Crippen LogP contribution in [-0.4, -0.2) is 68.0 Å². The van der Waals surface area contributed by atoms with Gasteiger partial charge in [0, 0.05) is 19.8 Å². The van der Waals surface area contributed by atoms with Crippen LogP contribution in [0.3, 0.4) is 0 Å². The van der Waals surface area contributed by atoms with Gasteiger partial charge in [0.05, 0.1) is 29.4 Å². The minimum Gasteiger partial charge on any atom is -0.488 e. The number of sulfone groups is 1. The van der Waals surface area contributed by atoms with Crippen LogP contribution in [0.1, 0.15) is 63.5 Å². The van der Waals surface area contributed by atoms with Crippen LogP contribution in [0, 0.1) is 12.8 Å². The molecule has 10 nitrogen and oxygen atoms in total. The lowest BCUT2D eigenvalue weighted by Gasteiger charge is -2.33. The number of ether oxygens (including phenoxy) is 1. The highest BCUT2D eigenvalue weighted by Crippen LogP contribution is 2.39. The van der Waals surface area contributed by atoms with Crippen LogP contribution in [0.15, 0.2) is 34.0 Å². The number of anilines is 3. The maximum Gasteiger partial charge on any atom is 0.229 e. The summed E-state index contributed by atoms with van der Waals surface area (Å²) in [7, 11) is -2.20. The molecule has 1 aromatic heterocycles. The number of nitrogens with zero attached hydrogens (tertiary/aromatic N) is 4. The predicted molar refractivity (Wildman–Crippen MR) is 167 cm³/mol. The number of aliphatic imine (C=N–C) groups is 1. The van der Waals surface area contributed by atoms with Gasteiger partial charge in [0.1, 0.15) is 10.8 Å². The Hall–Kier alpha value is -2.89. The number of piperidine rings is 1. The van der Waals surface area contributed by atoms with Gasteiger partial charge in [-0.2, -0.15) is 4.98 Å². The molecule has 12 heteroatoms. The monoisotopic (exact) mass is 603 g/mol. The van der Waals surface area contributed by atoms with Crippen molar-refractivity contribution in [2.45, 2.75) is 65.4 Å². The van der Waals surface area contributed by atoms with Crippen molar-refractivity contribution in [2.75, 3.05) is 43.1 Å². The van der Waals surface area contributed by atoms with E-state index in [4.69, 9.17) is 22.1 Å². The van der Waals surface area contributed by atoms with Crippen LogP contribution in [0.4, 0.5) is 17.5 Å². The van der Waals surface area contributed by atoms with E-state index in [2.05, 4.69) is 56.5 Å². The van der Waals surface area contributed by atoms with Gasteiger partial charge in [-0.3, -0.25) is 4.99 Å². The topological polar surface area (TPSA) is 135 Å². The first-order valence-electron chi connectivity index (χ1n) is 14.3. The minimum absolute atomic E-state index is 0.0891. The normalized spacial score (nSPS) is 19.0. The Kier molecular flexibility index (Phi) is 10.1. The van der Waals surface area contributed by atoms with E-state index in [-0.39, 0.29) is 45.3 Å². The number of likely N-dealkylation sites (tertiary alicyclic amines) is 1. The van der Waals surface area contributed by atoms with Gasteiger partial charge in [0.15, 0.2) is 20.7 Å². The number of benzene rings is 1. The number of hydrogen-bond donors (Lipinski definition) is 3. The van der Waals surface area contributed by atoms with Crippen LogP contribution < -0.4 is 21.1 Å². The molecule has 4 N–H and O–H groups in total. The molecule has 2 aromatic rings. The SMILES string of the molecule is CCN1CCCC(c2cc(OC3CC3)c(Nc3ncc(Cl)c(NC(C=NC)=C(N)S(=O)(=O)CC(C)C)n3)cc2C)C1. The average Bonchev–Trinajstić information content (AvgIpc) is 3.74. The molecule has 1 aromatic carbocycles. The van der Waals surface area contributed by atoms with Crippen molar-refractivity contribution in [3.63, 3.8) is 0 Å². The summed E-state index contributed by atoms with van der Waals surface area (Å²) < 4.78 is 31.9. The van der Waals surface area contributed by atoms with Crippen LogP contribution in [-0.2, 0) is 9.84 Å². The van der Waals surface area contributed by atoms with Gasteiger partial charge in [0.25, 0.3) is 0 Å². The maximum absolute atomic E-state index is 12.8. The van der Waals surface area contributed by atoms with Crippen LogP contribution in [0.5, 0.6) is 5.75 Å². The molecule has 2 fully saturated rings. The zero-order valence-electron chi connectivity index (χ0n) is 24.6. The van der Waals surface area contributed by atoms with Crippen molar-refractivity contribution in [3.05, 3.63) is 45.2 Å². The third-order valence-corrected chi connectivity index (χ3v) is 9.51. The number of nitrogens with one attached hydrogen (secondary N) is 2. The zero-order chi connectivity index (χ0) is 29.7. The molecule has 224 valence electrons. The Bertz CT molecular complexity index is 1410. The second-order valence-corrected chi connectivity index (χ2v) is 13.6. The molecule has 1 atom stereocenters. The minimum atomic E-state index is -3.73. The van der Waals surface area contributed by atoms with Crippen molar-refractivity contribution in [3.8, 4) is 5.75 Å². The lowest BCUT2D eigenvalue weighted by atomic mass is 9.87. The Morgan fingerprint density at radius 2 is 2.07 bits per heavy atom. The fourth-order valence-electron chi connectivity index (χ4n) is 5.05. The molecular weight excluding hydrogens is 562 g/mol. The number of allylic oxidation sites excluding steroid dienone is 1. The first-order chi connectivity index (χ1) is 19.5. The predicted octanol–water partition coefficient (Wildman–Crippen LogP) is 5.23. The van der Waals surface area contributed by atoms with Crippen molar-refractivity contribution in [1.29, 1.82) is 0 Å². The lowest BCUT2D eigenvalue weighted by Crippen LogP contribution is -2.34. The van der Waals surface area contributed by atoms with Gasteiger partial charge in [0.2, 0.25) is 5.95 Å². The van der Waals surface area contributed by atoms with Crippen LogP contribution in [0.25, 0.3) is 0 Å². The van der Waals surface area contributed by atoms with E-state index in [1.165, 1.54) is 37.0 Å². The number of aromatic nitrogens is 2. The van der Waals surface area contributed by atoms with E-state index in [1.807, 2.05) is 13.8 Å². The van der Waals surface area contributed by atoms with Crippen molar-refractivity contribution in [2.24, 2.45) is 16.6 Å². The van der Waals surface area contributed by atoms with Crippen molar-refractivity contribution >= 4 is 45.1 Å². The molecule has 4 rings (SSSR count). The van der Waals surface area contributed by atoms with E-state index < -0.39 is 9.84 Å². The molecule has 1 unspecified atom stereocenters. The molecule has 2 aliphatic rings. The summed E-state index contributed by atoms with van der Waals surface area (Å²) in [4.78, 5) is 15.4. The average molecular weight is 604 g/mol. The Morgan fingerprint density at radius 3 is 2.73 bits per heavy atom. The first-order valence-corrected chi connectivity index (χ1v) is 16.3. The molecule has 0 bridgehead atoms. The summed E-state index contributed by atoms with van der Waals surface area (Å²) in [5.74, 6) is 1.52. The highest BCUT2D eigenvalue weighted by Gasteiger charge is 2.28. The number of rotatable bonds is 12. The second-order valence-electron chi connectivity index (χ2n) is 11.2. The molecule has 0 spiro atoms. The smallest absolute Gasteiger partial charge is 0.229 e. The third-order valence-electron chi connectivity index (χ3n) is 7.23. The fourth-order valence-corrected chi connectivity index (χ4v) is 6.68. The number of nitrogens with two attached hydrogens (primary N) is 1. The molecular formula is C29H42ClN7O3S. The van der Waals surface area contributed by atoms with Gasteiger partial charge in [-0.15, -0.1) is 0 Å². The molecule has 1 saturated heterocycles. The summed E-state index contributed by atoms with van der Waals surface area (Å²) in [5, 5.41) is 6.13. The Morgan fingerprint density at radius 1 is 1.32 bits per heavy atom. The van der Waals surface area contributed by atoms with Crippen molar-refractivity contribution < 1.29 is 13.2 Å². The molecule has 2 heterocycles. The summed E-state index contributed by atoms with van der Waals surface area (Å²) in [6.45, 7) is 11.2. The zero-order valence-corrected chi connectivity index (χ0v) is 26.1. The summed E-state index contributed by atoms with van der Waals surface area (Å²) in [5.41, 5.74) is 9.43. The largest absolute Gasteiger partial charge is 0.488 e. The number of aryl methyl sites for hydroxylation is 1. The van der Waals surface area contributed by atoms with Crippen LogP contribution in [0.2, 0.25) is 5.02 Å². The third kappa shape index (κ3) is 8.11. The summed E-state index contributed by atoms with van der Waals surface area (Å²) in [6.07, 6.45) is 7.43. The molecule has 0 radical (unpaired) electrons. The fraction of sp³-hybridized carbons (Fsp3) is 0.552. The highest BCUT2D eigenvalue weighted by atomic mass is 35.5. The molecule has 0 amide bonds. The van der Waals surface area contributed by atoms with E-state index in [0.717, 1.165) is 50.3 Å². The Balaban J connectivity index is 1.64. The summed E-state index contributed by atoms with van der Waals surface area (Å²) in [6, 6.07) is 4.27. The van der Waals surface area contributed by atoms with Gasteiger partial charge >= 0.3 is 0 Å². The van der Waals surface area contributed by atoms with Gasteiger partial charge in [-0.05, 0) is 80.8 Å². The first kappa shape index (κ1) is 31.1.